The highest BCUT2D eigenvalue weighted by atomic mass is 16.6. The maximum absolute atomic E-state index is 12.7. The third-order valence-corrected chi connectivity index (χ3v) is 8.01. The number of H-pyrrole nitrogens is 1. The lowest BCUT2D eigenvalue weighted by Gasteiger charge is -2.37. The predicted molar refractivity (Wildman–Crippen MR) is 160 cm³/mol. The van der Waals surface area contributed by atoms with E-state index < -0.39 is 29.2 Å². The summed E-state index contributed by atoms with van der Waals surface area (Å²) in [7, 11) is 1.64. The van der Waals surface area contributed by atoms with Gasteiger partial charge in [0.1, 0.15) is 23.4 Å². The number of methoxy groups -OCH3 is 1. The maximum atomic E-state index is 12.7. The van der Waals surface area contributed by atoms with Gasteiger partial charge in [0.2, 0.25) is 0 Å². The number of carbonyl (C=O) groups excluding carboxylic acids is 1. The fourth-order valence-electron chi connectivity index (χ4n) is 5.75. The summed E-state index contributed by atoms with van der Waals surface area (Å²) in [6, 6.07) is 27.9. The highest BCUT2D eigenvalue weighted by Gasteiger charge is 2.42. The smallest absolute Gasteiger partial charge is 0.330 e. The van der Waals surface area contributed by atoms with Crippen LogP contribution in [0.3, 0.4) is 0 Å². The van der Waals surface area contributed by atoms with Crippen molar-refractivity contribution in [2.75, 3.05) is 13.7 Å². The van der Waals surface area contributed by atoms with Gasteiger partial charge in [-0.1, -0.05) is 72.8 Å². The van der Waals surface area contributed by atoms with Crippen LogP contribution >= 0.6 is 0 Å². The molecule has 0 saturated carbocycles. The maximum Gasteiger partial charge on any atom is 0.330 e. The molecule has 1 aliphatic rings. The topological polar surface area (TPSA) is 99.6 Å². The summed E-state index contributed by atoms with van der Waals surface area (Å²) < 4.78 is 20.4. The summed E-state index contributed by atoms with van der Waals surface area (Å²) in [5.41, 5.74) is 1.31. The fraction of sp³-hybridized carbons (Fsp3) is 0.324. The number of aromatic nitrogens is 2. The van der Waals surface area contributed by atoms with Gasteiger partial charge < -0.3 is 19.0 Å². The molecule has 5 rings (SSSR count). The van der Waals surface area contributed by atoms with Crippen molar-refractivity contribution < 1.29 is 19.0 Å². The summed E-state index contributed by atoms with van der Waals surface area (Å²) in [5.74, 6) is 0.788. The van der Waals surface area contributed by atoms with Gasteiger partial charge >= 0.3 is 5.69 Å². The Labute approximate surface area is 244 Å². The van der Waals surface area contributed by atoms with E-state index >= 15 is 0 Å². The van der Waals surface area contributed by atoms with Crippen molar-refractivity contribution >= 4 is 5.78 Å². The van der Waals surface area contributed by atoms with Crippen LogP contribution in [0.2, 0.25) is 0 Å². The van der Waals surface area contributed by atoms with E-state index in [-0.39, 0.29) is 18.3 Å². The number of benzene rings is 3. The van der Waals surface area contributed by atoms with Crippen LogP contribution in [-0.4, -0.2) is 35.2 Å². The van der Waals surface area contributed by atoms with Crippen molar-refractivity contribution in [1.29, 1.82) is 0 Å². The van der Waals surface area contributed by atoms with E-state index in [0.29, 0.717) is 24.8 Å². The normalized spacial score (nSPS) is 18.6. The van der Waals surface area contributed by atoms with E-state index in [1.54, 1.807) is 21.0 Å². The Balaban J connectivity index is 1.55. The quantitative estimate of drug-likeness (QED) is 0.252. The minimum atomic E-state index is -0.979. The Morgan fingerprint density at radius 3 is 2.12 bits per heavy atom. The second kappa shape index (κ2) is 12.7. The number of ketones is 1. The molecule has 0 aliphatic carbocycles. The van der Waals surface area contributed by atoms with Crippen LogP contribution in [-0.2, 0) is 19.9 Å². The van der Waals surface area contributed by atoms with E-state index in [1.807, 2.05) is 84.9 Å². The first-order valence-corrected chi connectivity index (χ1v) is 14.2. The summed E-state index contributed by atoms with van der Waals surface area (Å²) in [4.78, 5) is 39.0. The molecule has 3 atom stereocenters. The number of ether oxygens (including phenoxy) is 3. The van der Waals surface area contributed by atoms with Gasteiger partial charge in [-0.15, -0.1) is 0 Å². The van der Waals surface area contributed by atoms with Crippen molar-refractivity contribution in [2.45, 2.75) is 51.0 Å². The highest BCUT2D eigenvalue weighted by molar-refractivity contribution is 5.75. The van der Waals surface area contributed by atoms with Crippen LogP contribution in [0.5, 0.6) is 5.75 Å². The number of aryl methyl sites for hydroxylation is 1. The summed E-state index contributed by atoms with van der Waals surface area (Å²) in [5, 5.41) is 0. The van der Waals surface area contributed by atoms with Gasteiger partial charge in [0.05, 0.1) is 19.8 Å². The molecule has 1 aliphatic heterocycles. The van der Waals surface area contributed by atoms with Gasteiger partial charge in [0, 0.05) is 18.2 Å². The number of nitrogens with one attached hydrogen (secondary N) is 1. The number of rotatable bonds is 11. The highest BCUT2D eigenvalue weighted by Crippen LogP contribution is 2.43. The minimum absolute atomic E-state index is 0.0434. The lowest BCUT2D eigenvalue weighted by Crippen LogP contribution is -2.37. The Morgan fingerprint density at radius 1 is 0.952 bits per heavy atom. The first-order valence-electron chi connectivity index (χ1n) is 14.2. The molecule has 218 valence electrons. The standard InChI is InChI=1S/C34H36N2O6/c1-23-21-36(33(39)35-32(23)38)31-20-25(15-14-24(2)37)30(42-31)22-41-34(26-10-6-4-7-11-26,27-12-8-5-9-13-27)28-16-18-29(40-3)19-17-28/h4-13,16-19,21,25,30-31H,14-15,20,22H2,1-3H3,(H,35,38,39)/t25-,30-,31-/m1/s1. The van der Waals surface area contributed by atoms with Crippen LogP contribution in [0.4, 0.5) is 0 Å². The molecular weight excluding hydrogens is 532 g/mol. The van der Waals surface area contributed by atoms with Crippen molar-refractivity contribution in [3.05, 3.63) is 134 Å². The number of Topliss-reactive ketones (excluding diaryl/α,β-unsaturated/α-hetero) is 1. The van der Waals surface area contributed by atoms with Crippen LogP contribution < -0.4 is 16.0 Å². The molecule has 0 radical (unpaired) electrons. The average molecular weight is 569 g/mol. The lowest BCUT2D eigenvalue weighted by molar-refractivity contribution is -0.117. The third-order valence-electron chi connectivity index (χ3n) is 8.01. The largest absolute Gasteiger partial charge is 0.497 e. The molecule has 0 unspecified atom stereocenters. The van der Waals surface area contributed by atoms with E-state index in [4.69, 9.17) is 14.2 Å². The molecule has 0 bridgehead atoms. The van der Waals surface area contributed by atoms with E-state index in [0.717, 1.165) is 22.4 Å². The third kappa shape index (κ3) is 6.00. The average Bonchev–Trinajstić information content (AvgIpc) is 3.42. The molecule has 42 heavy (non-hydrogen) atoms. The second-order valence-electron chi connectivity index (χ2n) is 10.8. The zero-order valence-corrected chi connectivity index (χ0v) is 24.1. The fourth-order valence-corrected chi connectivity index (χ4v) is 5.75. The molecule has 8 heteroatoms. The zero-order chi connectivity index (χ0) is 29.7. The molecule has 4 aromatic rings. The molecule has 8 nitrogen and oxygen atoms in total. The molecule has 0 spiro atoms. The molecule has 1 saturated heterocycles. The van der Waals surface area contributed by atoms with Crippen LogP contribution in [0, 0.1) is 12.8 Å². The Bertz CT molecular complexity index is 1570. The number of hydrogen-bond acceptors (Lipinski definition) is 6. The number of carbonyl (C=O) groups is 1. The van der Waals surface area contributed by atoms with Crippen molar-refractivity contribution in [3.8, 4) is 5.75 Å². The summed E-state index contributed by atoms with van der Waals surface area (Å²) in [6.07, 6.45) is 2.05. The van der Waals surface area contributed by atoms with Crippen LogP contribution in [0.25, 0.3) is 0 Å². The van der Waals surface area contributed by atoms with E-state index in [2.05, 4.69) is 4.98 Å². The molecule has 1 fully saturated rings. The van der Waals surface area contributed by atoms with Gasteiger partial charge in [0.15, 0.2) is 0 Å². The van der Waals surface area contributed by atoms with Crippen molar-refractivity contribution in [1.82, 2.24) is 9.55 Å². The Hall–Kier alpha value is -4.27. The molecule has 1 N–H and O–H groups in total. The number of nitrogens with zero attached hydrogens (tertiary/aromatic N) is 1. The summed E-state index contributed by atoms with van der Waals surface area (Å²) >= 11 is 0. The number of hydrogen-bond donors (Lipinski definition) is 1. The van der Waals surface area contributed by atoms with Gasteiger partial charge in [-0.2, -0.15) is 0 Å². The van der Waals surface area contributed by atoms with E-state index in [1.165, 1.54) is 10.8 Å². The Morgan fingerprint density at radius 2 is 1.55 bits per heavy atom. The summed E-state index contributed by atoms with van der Waals surface area (Å²) in [6.45, 7) is 3.43. The molecular formula is C34H36N2O6. The van der Waals surface area contributed by atoms with Crippen LogP contribution in [0.15, 0.2) is 101 Å². The molecule has 2 heterocycles. The molecule has 1 aromatic heterocycles. The van der Waals surface area contributed by atoms with Gasteiger partial charge in [-0.25, -0.2) is 4.79 Å². The van der Waals surface area contributed by atoms with Crippen molar-refractivity contribution in [2.24, 2.45) is 5.92 Å². The first kappa shape index (κ1) is 29.2. The van der Waals surface area contributed by atoms with E-state index in [9.17, 15) is 14.4 Å². The predicted octanol–water partition coefficient (Wildman–Crippen LogP) is 5.14. The van der Waals surface area contributed by atoms with Gasteiger partial charge in [-0.05, 0) is 61.4 Å². The van der Waals surface area contributed by atoms with Crippen molar-refractivity contribution in [3.63, 3.8) is 0 Å². The molecule has 0 amide bonds. The van der Waals surface area contributed by atoms with Gasteiger partial charge in [-0.3, -0.25) is 14.3 Å². The lowest BCUT2D eigenvalue weighted by atomic mass is 9.80. The minimum Gasteiger partial charge on any atom is -0.497 e. The van der Waals surface area contributed by atoms with Gasteiger partial charge in [0.25, 0.3) is 5.56 Å². The first-order chi connectivity index (χ1) is 20.3. The second-order valence-corrected chi connectivity index (χ2v) is 10.8. The SMILES string of the molecule is COc1ccc(C(OC[C@H]2O[C@@H](n3cc(C)c(=O)[nH]c3=O)C[C@H]2CCC(C)=O)(c2ccccc2)c2ccccc2)cc1. The monoisotopic (exact) mass is 568 g/mol. The number of aromatic amines is 1. The Kier molecular flexibility index (Phi) is 8.85. The molecule has 3 aromatic carbocycles. The zero-order valence-electron chi connectivity index (χ0n) is 24.1. The van der Waals surface area contributed by atoms with Crippen LogP contribution in [0.1, 0.15) is 54.7 Å².